The van der Waals surface area contributed by atoms with Crippen LogP contribution < -0.4 is 10.1 Å². The predicted molar refractivity (Wildman–Crippen MR) is 61.4 cm³/mol. The van der Waals surface area contributed by atoms with Crippen LogP contribution in [0.3, 0.4) is 0 Å². The summed E-state index contributed by atoms with van der Waals surface area (Å²) in [6.45, 7) is 4.90. The number of likely N-dealkylation sites (N-methyl/N-ethyl adjacent to an activating group) is 1. The Morgan fingerprint density at radius 3 is 2.80 bits per heavy atom. The lowest BCUT2D eigenvalue weighted by molar-refractivity contribution is 0.103. The van der Waals surface area contributed by atoms with Crippen LogP contribution in [-0.4, -0.2) is 33.4 Å². The lowest BCUT2D eigenvalue weighted by Crippen LogP contribution is -2.16. The van der Waals surface area contributed by atoms with Gasteiger partial charge in [0.05, 0.1) is 13.2 Å². The van der Waals surface area contributed by atoms with Gasteiger partial charge in [0.15, 0.2) is 0 Å². The van der Waals surface area contributed by atoms with E-state index in [2.05, 4.69) is 18.3 Å². The number of hydrogen-bond acceptors (Lipinski definition) is 3. The van der Waals surface area contributed by atoms with Gasteiger partial charge in [0.25, 0.3) is 0 Å². The molecule has 1 aromatic rings. The number of rotatable bonds is 7. The molecule has 1 N–H and O–H groups in total. The van der Waals surface area contributed by atoms with Gasteiger partial charge in [-0.25, -0.2) is 0 Å². The van der Waals surface area contributed by atoms with E-state index in [1.807, 2.05) is 25.2 Å². The van der Waals surface area contributed by atoms with E-state index < -0.39 is 0 Å². The van der Waals surface area contributed by atoms with Gasteiger partial charge in [-0.1, -0.05) is 12.1 Å². The maximum Gasteiger partial charge on any atom is 0.119 e. The lowest BCUT2D eigenvalue weighted by Gasteiger charge is -2.07. The number of hydrogen-bond donors (Lipinski definition) is 1. The summed E-state index contributed by atoms with van der Waals surface area (Å²) in [5.41, 5.74) is 1.21. The molecule has 1 rings (SSSR count). The van der Waals surface area contributed by atoms with Crippen LogP contribution in [-0.2, 0) is 4.74 Å². The average Bonchev–Trinajstić information content (AvgIpc) is 2.23. The molecule has 0 atom stereocenters. The first kappa shape index (κ1) is 12.0. The molecule has 0 aromatic heterocycles. The van der Waals surface area contributed by atoms with Crippen LogP contribution in [0.1, 0.15) is 5.56 Å². The van der Waals surface area contributed by atoms with Crippen molar-refractivity contribution in [2.24, 2.45) is 0 Å². The maximum atomic E-state index is 5.52. The van der Waals surface area contributed by atoms with Crippen molar-refractivity contribution in [2.45, 2.75) is 6.92 Å². The van der Waals surface area contributed by atoms with E-state index in [0.29, 0.717) is 13.2 Å². The molecule has 1 aromatic carbocycles. The molecule has 0 spiro atoms. The summed E-state index contributed by atoms with van der Waals surface area (Å²) in [5, 5.41) is 3.02. The van der Waals surface area contributed by atoms with Crippen molar-refractivity contribution in [3.05, 3.63) is 29.8 Å². The van der Waals surface area contributed by atoms with E-state index in [1.165, 1.54) is 5.56 Å². The number of ether oxygens (including phenoxy) is 2. The van der Waals surface area contributed by atoms with Crippen molar-refractivity contribution < 1.29 is 9.47 Å². The fourth-order valence-electron chi connectivity index (χ4n) is 1.20. The zero-order chi connectivity index (χ0) is 10.9. The molecule has 0 amide bonds. The Morgan fingerprint density at radius 2 is 2.07 bits per heavy atom. The highest BCUT2D eigenvalue weighted by Gasteiger charge is 1.93. The van der Waals surface area contributed by atoms with Crippen LogP contribution in [0.5, 0.6) is 5.75 Å². The van der Waals surface area contributed by atoms with Crippen LogP contribution in [0.2, 0.25) is 0 Å². The summed E-state index contributed by atoms with van der Waals surface area (Å²) in [5.74, 6) is 0.909. The number of aryl methyl sites for hydroxylation is 1. The second-order valence-corrected chi connectivity index (χ2v) is 3.38. The summed E-state index contributed by atoms with van der Waals surface area (Å²) < 4.78 is 10.9. The Hall–Kier alpha value is -1.06. The van der Waals surface area contributed by atoms with E-state index in [0.717, 1.165) is 18.9 Å². The molecule has 0 aliphatic rings. The molecule has 0 saturated carbocycles. The minimum atomic E-state index is 0.604. The van der Waals surface area contributed by atoms with Gasteiger partial charge in [-0.2, -0.15) is 0 Å². The van der Waals surface area contributed by atoms with Crippen molar-refractivity contribution in [3.8, 4) is 5.75 Å². The molecule has 0 saturated heterocycles. The van der Waals surface area contributed by atoms with E-state index in [-0.39, 0.29) is 0 Å². The first-order valence-corrected chi connectivity index (χ1v) is 5.25. The Balaban J connectivity index is 2.10. The van der Waals surface area contributed by atoms with E-state index in [1.54, 1.807) is 0 Å². The van der Waals surface area contributed by atoms with Crippen LogP contribution >= 0.6 is 0 Å². The van der Waals surface area contributed by atoms with Crippen molar-refractivity contribution in [1.29, 1.82) is 0 Å². The van der Waals surface area contributed by atoms with Crippen LogP contribution in [0.4, 0.5) is 0 Å². The van der Waals surface area contributed by atoms with Crippen molar-refractivity contribution in [2.75, 3.05) is 33.4 Å². The summed E-state index contributed by atoms with van der Waals surface area (Å²) in [7, 11) is 1.91. The molecular formula is C12H19NO2. The van der Waals surface area contributed by atoms with Crippen LogP contribution in [0.25, 0.3) is 0 Å². The Kier molecular flexibility index (Phi) is 5.81. The van der Waals surface area contributed by atoms with E-state index in [4.69, 9.17) is 9.47 Å². The van der Waals surface area contributed by atoms with Crippen molar-refractivity contribution >= 4 is 0 Å². The minimum Gasteiger partial charge on any atom is -0.491 e. The lowest BCUT2D eigenvalue weighted by atomic mass is 10.2. The molecule has 3 heteroatoms. The highest BCUT2D eigenvalue weighted by Crippen LogP contribution is 2.11. The average molecular weight is 209 g/mol. The normalized spacial score (nSPS) is 10.3. The highest BCUT2D eigenvalue weighted by molar-refractivity contribution is 5.27. The number of nitrogens with one attached hydrogen (secondary N) is 1. The molecule has 3 nitrogen and oxygen atoms in total. The molecule has 0 aliphatic carbocycles. The Bertz CT molecular complexity index is 276. The molecular weight excluding hydrogens is 190 g/mol. The second-order valence-electron chi connectivity index (χ2n) is 3.38. The monoisotopic (exact) mass is 209 g/mol. The first-order valence-electron chi connectivity index (χ1n) is 5.25. The molecule has 0 bridgehead atoms. The Morgan fingerprint density at radius 1 is 1.20 bits per heavy atom. The molecule has 0 heterocycles. The second kappa shape index (κ2) is 7.26. The minimum absolute atomic E-state index is 0.604. The quantitative estimate of drug-likeness (QED) is 0.692. The predicted octanol–water partition coefficient (Wildman–Crippen LogP) is 1.61. The topological polar surface area (TPSA) is 30.5 Å². The molecule has 15 heavy (non-hydrogen) atoms. The molecule has 0 radical (unpaired) electrons. The van der Waals surface area contributed by atoms with Crippen molar-refractivity contribution in [3.63, 3.8) is 0 Å². The van der Waals surface area contributed by atoms with Gasteiger partial charge in [-0.3, -0.25) is 0 Å². The van der Waals surface area contributed by atoms with Gasteiger partial charge in [0.1, 0.15) is 12.4 Å². The van der Waals surface area contributed by atoms with Crippen LogP contribution in [0, 0.1) is 6.92 Å². The fraction of sp³-hybridized carbons (Fsp3) is 0.500. The highest BCUT2D eigenvalue weighted by atomic mass is 16.5. The smallest absolute Gasteiger partial charge is 0.119 e. The fourth-order valence-corrected chi connectivity index (χ4v) is 1.20. The summed E-state index contributed by atoms with van der Waals surface area (Å²) >= 11 is 0. The van der Waals surface area contributed by atoms with Crippen molar-refractivity contribution in [1.82, 2.24) is 5.32 Å². The molecule has 0 aliphatic heterocycles. The van der Waals surface area contributed by atoms with E-state index >= 15 is 0 Å². The largest absolute Gasteiger partial charge is 0.491 e. The van der Waals surface area contributed by atoms with Crippen LogP contribution in [0.15, 0.2) is 24.3 Å². The maximum absolute atomic E-state index is 5.52. The van der Waals surface area contributed by atoms with Gasteiger partial charge < -0.3 is 14.8 Å². The Labute approximate surface area is 91.4 Å². The molecule has 0 fully saturated rings. The van der Waals surface area contributed by atoms with Gasteiger partial charge in [-0.05, 0) is 31.7 Å². The number of benzene rings is 1. The van der Waals surface area contributed by atoms with Gasteiger partial charge in [0, 0.05) is 6.54 Å². The zero-order valence-electron chi connectivity index (χ0n) is 9.45. The van der Waals surface area contributed by atoms with Gasteiger partial charge >= 0.3 is 0 Å². The summed E-state index contributed by atoms with van der Waals surface area (Å²) in [6.07, 6.45) is 0. The zero-order valence-corrected chi connectivity index (χ0v) is 9.45. The molecule has 0 unspecified atom stereocenters. The SMILES string of the molecule is CNCCOCCOc1cccc(C)c1. The van der Waals surface area contributed by atoms with Gasteiger partial charge in [-0.15, -0.1) is 0 Å². The summed E-state index contributed by atoms with van der Waals surface area (Å²) in [4.78, 5) is 0. The standard InChI is InChI=1S/C12H19NO2/c1-11-4-3-5-12(10-11)15-9-8-14-7-6-13-2/h3-5,10,13H,6-9H2,1-2H3. The molecule has 84 valence electrons. The first-order chi connectivity index (χ1) is 7.33. The third-order valence-electron chi connectivity index (χ3n) is 1.98. The third-order valence-corrected chi connectivity index (χ3v) is 1.98. The summed E-state index contributed by atoms with van der Waals surface area (Å²) in [6, 6.07) is 8.02. The third kappa shape index (κ3) is 5.40. The van der Waals surface area contributed by atoms with Gasteiger partial charge in [0.2, 0.25) is 0 Å². The van der Waals surface area contributed by atoms with E-state index in [9.17, 15) is 0 Å².